The van der Waals surface area contributed by atoms with E-state index in [1.807, 2.05) is 11.8 Å². The van der Waals surface area contributed by atoms with E-state index in [9.17, 15) is 5.11 Å². The van der Waals surface area contributed by atoms with Gasteiger partial charge in [-0.05, 0) is 41.6 Å². The van der Waals surface area contributed by atoms with Gasteiger partial charge in [-0.1, -0.05) is 27.4 Å². The van der Waals surface area contributed by atoms with E-state index in [1.165, 1.54) is 18.4 Å². The highest BCUT2D eigenvalue weighted by atomic mass is 32.2. The molecule has 0 aromatic carbocycles. The summed E-state index contributed by atoms with van der Waals surface area (Å²) in [6.07, 6.45) is 4.73. The van der Waals surface area contributed by atoms with Gasteiger partial charge in [0.25, 0.3) is 0 Å². The van der Waals surface area contributed by atoms with Crippen LogP contribution in [0.4, 0.5) is 0 Å². The van der Waals surface area contributed by atoms with Crippen molar-refractivity contribution < 1.29 is 5.11 Å². The third-order valence-electron chi connectivity index (χ3n) is 3.86. The normalized spacial score (nSPS) is 32.7. The van der Waals surface area contributed by atoms with Crippen LogP contribution in [0, 0.1) is 11.3 Å². The lowest BCUT2D eigenvalue weighted by molar-refractivity contribution is 0.287. The summed E-state index contributed by atoms with van der Waals surface area (Å²) in [5.74, 6) is 0.603. The molecule has 2 aliphatic rings. The van der Waals surface area contributed by atoms with Gasteiger partial charge in [-0.25, -0.2) is 0 Å². The first kappa shape index (κ1) is 12.1. The Balaban J connectivity index is 2.28. The summed E-state index contributed by atoms with van der Waals surface area (Å²) in [6, 6.07) is 0. The molecule has 1 aliphatic heterocycles. The van der Waals surface area contributed by atoms with Crippen LogP contribution in [0.15, 0.2) is 22.8 Å². The minimum atomic E-state index is 0.226. The highest BCUT2D eigenvalue weighted by Gasteiger charge is 2.41. The Kier molecular flexibility index (Phi) is 3.13. The Bertz CT molecular complexity index is 341. The fourth-order valence-corrected chi connectivity index (χ4v) is 4.50. The van der Waals surface area contributed by atoms with Crippen molar-refractivity contribution in [3.63, 3.8) is 0 Å². The van der Waals surface area contributed by atoms with E-state index in [2.05, 4.69) is 27.4 Å². The second-order valence-electron chi connectivity index (χ2n) is 5.82. The summed E-state index contributed by atoms with van der Waals surface area (Å²) >= 11 is 1.99. The summed E-state index contributed by atoms with van der Waals surface area (Å²) in [5.41, 5.74) is 1.89. The Hall–Kier alpha value is -0.370. The standard InChI is InChI=1S/C14H22OS/c1-5-11-13(9(2)15)10-8-14(3,4)7-6-12(10)16-11/h11,13,15H,2,5-8H2,1,3-4H3. The van der Waals surface area contributed by atoms with Crippen molar-refractivity contribution in [2.24, 2.45) is 11.3 Å². The van der Waals surface area contributed by atoms with Gasteiger partial charge < -0.3 is 5.11 Å². The van der Waals surface area contributed by atoms with E-state index in [0.29, 0.717) is 16.4 Å². The average molecular weight is 238 g/mol. The number of hydrogen-bond donors (Lipinski definition) is 1. The molecule has 1 N–H and O–H groups in total. The first-order valence-electron chi connectivity index (χ1n) is 6.21. The Morgan fingerprint density at radius 1 is 1.56 bits per heavy atom. The van der Waals surface area contributed by atoms with Gasteiger partial charge in [0.05, 0.1) is 5.76 Å². The second-order valence-corrected chi connectivity index (χ2v) is 7.16. The van der Waals surface area contributed by atoms with Crippen LogP contribution < -0.4 is 0 Å². The van der Waals surface area contributed by atoms with Gasteiger partial charge in [0, 0.05) is 11.2 Å². The SMILES string of the molecule is C=C(O)C1C2=C(CCC(C)(C)C2)SC1CC. The zero-order chi connectivity index (χ0) is 11.9. The summed E-state index contributed by atoms with van der Waals surface area (Å²) in [4.78, 5) is 1.55. The van der Waals surface area contributed by atoms with E-state index in [0.717, 1.165) is 12.8 Å². The minimum absolute atomic E-state index is 0.226. The molecule has 2 heteroatoms. The van der Waals surface area contributed by atoms with Crippen molar-refractivity contribution in [3.05, 3.63) is 22.8 Å². The van der Waals surface area contributed by atoms with Crippen LogP contribution in [-0.4, -0.2) is 10.4 Å². The molecule has 16 heavy (non-hydrogen) atoms. The molecule has 1 aliphatic carbocycles. The van der Waals surface area contributed by atoms with E-state index >= 15 is 0 Å². The molecule has 0 spiro atoms. The molecular formula is C14H22OS. The monoisotopic (exact) mass is 238 g/mol. The number of aliphatic hydroxyl groups is 1. The van der Waals surface area contributed by atoms with Crippen LogP contribution in [0.25, 0.3) is 0 Å². The molecule has 0 radical (unpaired) electrons. The first-order chi connectivity index (χ1) is 7.44. The molecule has 1 nitrogen and oxygen atoms in total. The summed E-state index contributed by atoms with van der Waals surface area (Å²) < 4.78 is 0. The second kappa shape index (κ2) is 4.14. The van der Waals surface area contributed by atoms with Crippen LogP contribution in [0.1, 0.15) is 46.5 Å². The fourth-order valence-electron chi connectivity index (χ4n) is 2.94. The molecule has 2 rings (SSSR count). The lowest BCUT2D eigenvalue weighted by atomic mass is 9.73. The van der Waals surface area contributed by atoms with Gasteiger partial charge >= 0.3 is 0 Å². The molecule has 90 valence electrons. The van der Waals surface area contributed by atoms with E-state index < -0.39 is 0 Å². The van der Waals surface area contributed by atoms with Crippen LogP contribution >= 0.6 is 11.8 Å². The minimum Gasteiger partial charge on any atom is -0.512 e. The van der Waals surface area contributed by atoms with Gasteiger partial charge in [-0.15, -0.1) is 11.8 Å². The maximum absolute atomic E-state index is 9.82. The Labute approximate surface area is 103 Å². The average Bonchev–Trinajstić information content (AvgIpc) is 2.53. The zero-order valence-corrected chi connectivity index (χ0v) is 11.4. The molecule has 0 bridgehead atoms. The van der Waals surface area contributed by atoms with Gasteiger partial charge in [-0.2, -0.15) is 0 Å². The molecule has 2 unspecified atom stereocenters. The Morgan fingerprint density at radius 2 is 2.25 bits per heavy atom. The molecule has 0 amide bonds. The van der Waals surface area contributed by atoms with E-state index in [4.69, 9.17) is 0 Å². The molecule has 0 saturated carbocycles. The fraction of sp³-hybridized carbons (Fsp3) is 0.714. The van der Waals surface area contributed by atoms with Crippen LogP contribution in [0.5, 0.6) is 0 Å². The molecule has 1 heterocycles. The van der Waals surface area contributed by atoms with Gasteiger partial charge in [0.2, 0.25) is 0 Å². The van der Waals surface area contributed by atoms with Crippen LogP contribution in [0.2, 0.25) is 0 Å². The number of rotatable bonds is 2. The van der Waals surface area contributed by atoms with Crippen LogP contribution in [-0.2, 0) is 0 Å². The van der Waals surface area contributed by atoms with Crippen molar-refractivity contribution in [2.45, 2.75) is 51.7 Å². The highest BCUT2D eigenvalue weighted by Crippen LogP contribution is 2.55. The predicted molar refractivity (Wildman–Crippen MR) is 71.6 cm³/mol. The van der Waals surface area contributed by atoms with Gasteiger partial charge in [-0.3, -0.25) is 0 Å². The smallest absolute Gasteiger partial charge is 0.0934 e. The molecular weight excluding hydrogens is 216 g/mol. The molecule has 0 aromatic rings. The van der Waals surface area contributed by atoms with Crippen molar-refractivity contribution in [3.8, 4) is 0 Å². The van der Waals surface area contributed by atoms with Gasteiger partial charge in [0.15, 0.2) is 0 Å². The largest absolute Gasteiger partial charge is 0.512 e. The summed E-state index contributed by atoms with van der Waals surface area (Å²) in [7, 11) is 0. The topological polar surface area (TPSA) is 20.2 Å². The molecule has 0 saturated heterocycles. The third-order valence-corrected chi connectivity index (χ3v) is 5.52. The van der Waals surface area contributed by atoms with Crippen molar-refractivity contribution in [2.75, 3.05) is 0 Å². The third kappa shape index (κ3) is 2.04. The van der Waals surface area contributed by atoms with Crippen LogP contribution in [0.3, 0.4) is 0 Å². The molecule has 0 fully saturated rings. The molecule has 2 atom stereocenters. The zero-order valence-electron chi connectivity index (χ0n) is 10.5. The maximum Gasteiger partial charge on any atom is 0.0934 e. The first-order valence-corrected chi connectivity index (χ1v) is 7.09. The number of allylic oxidation sites excluding steroid dienone is 2. The van der Waals surface area contributed by atoms with E-state index in [1.54, 1.807) is 4.91 Å². The lowest BCUT2D eigenvalue weighted by Gasteiger charge is -2.32. The lowest BCUT2D eigenvalue weighted by Crippen LogP contribution is -2.22. The van der Waals surface area contributed by atoms with Gasteiger partial charge in [0.1, 0.15) is 0 Å². The quantitative estimate of drug-likeness (QED) is 0.706. The van der Waals surface area contributed by atoms with Crippen molar-refractivity contribution >= 4 is 11.8 Å². The highest BCUT2D eigenvalue weighted by molar-refractivity contribution is 8.04. The number of hydrogen-bond acceptors (Lipinski definition) is 2. The summed E-state index contributed by atoms with van der Waals surface area (Å²) in [6.45, 7) is 10.7. The molecule has 0 aromatic heterocycles. The number of thioether (sulfide) groups is 1. The van der Waals surface area contributed by atoms with Crippen molar-refractivity contribution in [1.29, 1.82) is 0 Å². The van der Waals surface area contributed by atoms with Crippen molar-refractivity contribution in [1.82, 2.24) is 0 Å². The Morgan fingerprint density at radius 3 is 2.81 bits per heavy atom. The van der Waals surface area contributed by atoms with E-state index in [-0.39, 0.29) is 5.92 Å². The summed E-state index contributed by atoms with van der Waals surface area (Å²) in [5, 5.41) is 10.3. The predicted octanol–water partition coefficient (Wildman–Crippen LogP) is 4.66. The number of aliphatic hydroxyl groups excluding tert-OH is 1. The maximum atomic E-state index is 9.82.